The minimum absolute atomic E-state index is 0.0106. The largest absolute Gasteiger partial charge is 0.396 e. The van der Waals surface area contributed by atoms with Gasteiger partial charge in [0, 0.05) is 17.7 Å². The Kier molecular flexibility index (Phi) is 5.47. The molecule has 0 aliphatic carbocycles. The van der Waals surface area contributed by atoms with Gasteiger partial charge in [0.2, 0.25) is 5.13 Å². The number of amides is 1. The van der Waals surface area contributed by atoms with Crippen molar-refractivity contribution in [2.45, 2.75) is 12.5 Å². The molecular formula is C15H15N5O2S2. The zero-order valence-electron chi connectivity index (χ0n) is 12.5. The number of carbonyl (C=O) groups excluding carboxylic acids is 1. The van der Waals surface area contributed by atoms with Gasteiger partial charge in [-0.15, -0.1) is 21.5 Å². The van der Waals surface area contributed by atoms with Crippen molar-refractivity contribution >= 4 is 39.5 Å². The third-order valence-electron chi connectivity index (χ3n) is 3.23. The summed E-state index contributed by atoms with van der Waals surface area (Å²) in [5.74, 6) is 0.366. The highest BCUT2D eigenvalue weighted by Gasteiger charge is 2.13. The zero-order chi connectivity index (χ0) is 16.8. The highest BCUT2D eigenvalue weighted by atomic mass is 32.1. The van der Waals surface area contributed by atoms with Crippen LogP contribution < -0.4 is 10.6 Å². The van der Waals surface area contributed by atoms with Gasteiger partial charge < -0.3 is 10.4 Å². The highest BCUT2D eigenvalue weighted by molar-refractivity contribution is 7.13. The third-order valence-corrected chi connectivity index (χ3v) is 4.83. The molecule has 3 rings (SSSR count). The van der Waals surface area contributed by atoms with Gasteiger partial charge in [0.15, 0.2) is 0 Å². The van der Waals surface area contributed by atoms with Crippen molar-refractivity contribution in [1.82, 2.24) is 15.2 Å². The SMILES string of the molecule is O=C(Nc1nncs1)c1ccc(NC(CCO)c2cccs2)nc1. The normalized spacial score (nSPS) is 11.9. The highest BCUT2D eigenvalue weighted by Crippen LogP contribution is 2.25. The molecule has 3 aromatic heterocycles. The Bertz CT molecular complexity index is 760. The molecule has 24 heavy (non-hydrogen) atoms. The lowest BCUT2D eigenvalue weighted by Gasteiger charge is -2.17. The summed E-state index contributed by atoms with van der Waals surface area (Å²) in [6, 6.07) is 7.41. The van der Waals surface area contributed by atoms with Gasteiger partial charge in [0.25, 0.3) is 5.91 Å². The molecule has 0 saturated heterocycles. The predicted octanol–water partition coefficient (Wildman–Crippen LogP) is 2.78. The summed E-state index contributed by atoms with van der Waals surface area (Å²) in [6.07, 6.45) is 2.09. The molecule has 0 bridgehead atoms. The van der Waals surface area contributed by atoms with Crippen molar-refractivity contribution in [2.24, 2.45) is 0 Å². The third kappa shape index (κ3) is 4.13. The van der Waals surface area contributed by atoms with E-state index in [1.165, 1.54) is 17.5 Å². The molecule has 9 heteroatoms. The number of aliphatic hydroxyl groups is 1. The predicted molar refractivity (Wildman–Crippen MR) is 94.5 cm³/mol. The lowest BCUT2D eigenvalue weighted by atomic mass is 10.1. The second-order valence-electron chi connectivity index (χ2n) is 4.85. The molecule has 7 nitrogen and oxygen atoms in total. The molecule has 1 unspecified atom stereocenters. The summed E-state index contributed by atoms with van der Waals surface area (Å²) >= 11 is 2.88. The maximum atomic E-state index is 12.1. The van der Waals surface area contributed by atoms with E-state index in [0.717, 1.165) is 4.88 Å². The molecule has 0 aromatic carbocycles. The van der Waals surface area contributed by atoms with E-state index in [2.05, 4.69) is 25.8 Å². The minimum Gasteiger partial charge on any atom is -0.396 e. The number of thiophene rings is 1. The van der Waals surface area contributed by atoms with Crippen molar-refractivity contribution in [1.29, 1.82) is 0 Å². The van der Waals surface area contributed by atoms with E-state index in [1.54, 1.807) is 29.0 Å². The molecule has 124 valence electrons. The first-order valence-corrected chi connectivity index (χ1v) is 8.96. The van der Waals surface area contributed by atoms with Crippen LogP contribution in [0.2, 0.25) is 0 Å². The number of carbonyl (C=O) groups is 1. The number of anilines is 2. The number of hydrogen-bond donors (Lipinski definition) is 3. The Hall–Kier alpha value is -2.36. The molecule has 3 heterocycles. The topological polar surface area (TPSA) is 100 Å². The standard InChI is InChI=1S/C15H15N5O2S2/c21-6-5-11(12-2-1-7-23-12)18-13-4-3-10(8-16-13)14(22)19-15-20-17-9-24-15/h1-4,7-9,11,21H,5-6H2,(H,16,18)(H,19,20,22). The van der Waals surface area contributed by atoms with E-state index in [0.29, 0.717) is 22.9 Å². The van der Waals surface area contributed by atoms with Crippen molar-refractivity contribution in [3.8, 4) is 0 Å². The van der Waals surface area contributed by atoms with Crippen LogP contribution in [0.15, 0.2) is 41.4 Å². The van der Waals surface area contributed by atoms with E-state index >= 15 is 0 Å². The number of nitrogens with one attached hydrogen (secondary N) is 2. The fourth-order valence-corrected chi connectivity index (χ4v) is 3.35. The minimum atomic E-state index is -0.282. The fourth-order valence-electron chi connectivity index (χ4n) is 2.09. The van der Waals surface area contributed by atoms with Gasteiger partial charge in [0.05, 0.1) is 11.6 Å². The van der Waals surface area contributed by atoms with Crippen LogP contribution in [0.3, 0.4) is 0 Å². The smallest absolute Gasteiger partial charge is 0.259 e. The maximum absolute atomic E-state index is 12.1. The van der Waals surface area contributed by atoms with Gasteiger partial charge in [-0.1, -0.05) is 17.4 Å². The second-order valence-corrected chi connectivity index (χ2v) is 6.67. The van der Waals surface area contributed by atoms with Crippen LogP contribution in [-0.2, 0) is 0 Å². The van der Waals surface area contributed by atoms with Gasteiger partial charge >= 0.3 is 0 Å². The first kappa shape index (κ1) is 16.5. The Morgan fingerprint density at radius 3 is 2.83 bits per heavy atom. The van der Waals surface area contributed by atoms with E-state index in [9.17, 15) is 9.90 Å². The van der Waals surface area contributed by atoms with Crippen LogP contribution in [-0.4, -0.2) is 32.8 Å². The Morgan fingerprint density at radius 2 is 2.21 bits per heavy atom. The summed E-state index contributed by atoms with van der Waals surface area (Å²) in [6.45, 7) is 0.0813. The van der Waals surface area contributed by atoms with Crippen molar-refractivity contribution in [3.05, 3.63) is 51.8 Å². The molecule has 0 fully saturated rings. The first-order chi connectivity index (χ1) is 11.8. The molecule has 0 radical (unpaired) electrons. The van der Waals surface area contributed by atoms with Crippen LogP contribution in [0.25, 0.3) is 0 Å². The number of pyridine rings is 1. The van der Waals surface area contributed by atoms with Crippen molar-refractivity contribution in [2.75, 3.05) is 17.2 Å². The molecule has 0 spiro atoms. The summed E-state index contributed by atoms with van der Waals surface area (Å²) < 4.78 is 0. The lowest BCUT2D eigenvalue weighted by Crippen LogP contribution is -2.14. The number of rotatable bonds is 7. The number of aliphatic hydroxyl groups excluding tert-OH is 1. The van der Waals surface area contributed by atoms with Gasteiger partial charge in [-0.2, -0.15) is 0 Å². The van der Waals surface area contributed by atoms with Crippen LogP contribution >= 0.6 is 22.7 Å². The average molecular weight is 361 g/mol. The van der Waals surface area contributed by atoms with Gasteiger partial charge in [-0.25, -0.2) is 4.98 Å². The number of aromatic nitrogens is 3. The summed E-state index contributed by atoms with van der Waals surface area (Å²) in [7, 11) is 0. The van der Waals surface area contributed by atoms with Crippen LogP contribution in [0.5, 0.6) is 0 Å². The Labute approximate surface area is 146 Å². The second kappa shape index (κ2) is 7.95. The fraction of sp³-hybridized carbons (Fsp3) is 0.200. The summed E-state index contributed by atoms with van der Waals surface area (Å²) in [4.78, 5) is 17.5. The first-order valence-electron chi connectivity index (χ1n) is 7.20. The van der Waals surface area contributed by atoms with E-state index in [-0.39, 0.29) is 18.6 Å². The quantitative estimate of drug-likeness (QED) is 0.598. The van der Waals surface area contributed by atoms with E-state index in [4.69, 9.17) is 0 Å². The Morgan fingerprint density at radius 1 is 1.29 bits per heavy atom. The molecule has 0 aliphatic heterocycles. The van der Waals surface area contributed by atoms with Crippen LogP contribution in [0.1, 0.15) is 27.7 Å². The number of hydrogen-bond acceptors (Lipinski definition) is 8. The van der Waals surface area contributed by atoms with Crippen molar-refractivity contribution in [3.63, 3.8) is 0 Å². The van der Waals surface area contributed by atoms with Gasteiger partial charge in [-0.3, -0.25) is 10.1 Å². The lowest BCUT2D eigenvalue weighted by molar-refractivity contribution is 0.102. The van der Waals surface area contributed by atoms with Crippen LogP contribution in [0, 0.1) is 0 Å². The summed E-state index contributed by atoms with van der Waals surface area (Å²) in [5, 5.41) is 25.0. The van der Waals surface area contributed by atoms with Gasteiger partial charge in [-0.05, 0) is 30.0 Å². The van der Waals surface area contributed by atoms with Gasteiger partial charge in [0.1, 0.15) is 11.3 Å². The van der Waals surface area contributed by atoms with E-state index < -0.39 is 0 Å². The molecule has 3 N–H and O–H groups in total. The molecule has 1 atom stereocenters. The van der Waals surface area contributed by atoms with Crippen LogP contribution in [0.4, 0.5) is 10.9 Å². The monoisotopic (exact) mass is 361 g/mol. The van der Waals surface area contributed by atoms with E-state index in [1.807, 2.05) is 17.5 Å². The average Bonchev–Trinajstić information content (AvgIpc) is 3.29. The molecule has 1 amide bonds. The molecule has 3 aromatic rings. The molecule has 0 aliphatic rings. The Balaban J connectivity index is 1.66. The number of nitrogens with zero attached hydrogens (tertiary/aromatic N) is 3. The zero-order valence-corrected chi connectivity index (χ0v) is 14.2. The molecular weight excluding hydrogens is 346 g/mol. The summed E-state index contributed by atoms with van der Waals surface area (Å²) in [5.41, 5.74) is 1.98. The maximum Gasteiger partial charge on any atom is 0.259 e. The van der Waals surface area contributed by atoms with Crippen molar-refractivity contribution < 1.29 is 9.90 Å². The molecule has 0 saturated carbocycles.